The van der Waals surface area contributed by atoms with E-state index < -0.39 is 12.6 Å². The van der Waals surface area contributed by atoms with E-state index in [-0.39, 0.29) is 0 Å². The fourth-order valence-electron chi connectivity index (χ4n) is 7.76. The molecule has 8 nitrogen and oxygen atoms in total. The van der Waals surface area contributed by atoms with Crippen LogP contribution in [0.5, 0.6) is 23.0 Å². The van der Waals surface area contributed by atoms with E-state index in [1.165, 1.54) is 19.2 Å². The Hall–Kier alpha value is -5.92. The average Bonchev–Trinajstić information content (AvgIpc) is 4.01. The standard InChI is InChI=1S/C54H54N4O4S4/c1-7-19-53-59-37-25-29-45-41(33-37)55(3)49(63-45)21-15-11-9-13-17-23-51-57(5)43-35-39(27-31-47(43)65-51)61-54(20-8-2)62-40-28-32-48-44(36-40)58(6)52(66-48)24-18-14-10-12-16-22-50-56(4)42-34-38(60-53)26-30-46(42)64-50/h9-18,21-36,53-54H,7-8,19-20H2,1-6H3/q+2. The molecule has 0 radical (unpaired) electrons. The van der Waals surface area contributed by atoms with Gasteiger partial charge in [-0.25, -0.2) is 0 Å². The zero-order valence-electron chi connectivity index (χ0n) is 38.0. The van der Waals surface area contributed by atoms with Gasteiger partial charge in [0.2, 0.25) is 23.6 Å². The van der Waals surface area contributed by atoms with Gasteiger partial charge in [-0.1, -0.05) is 121 Å². The quantitative estimate of drug-likeness (QED) is 0.162. The van der Waals surface area contributed by atoms with Crippen molar-refractivity contribution in [3.63, 3.8) is 0 Å². The van der Waals surface area contributed by atoms with Crippen LogP contribution < -0.4 is 37.9 Å². The van der Waals surface area contributed by atoms with Crippen LogP contribution in [-0.4, -0.2) is 26.7 Å². The molecule has 6 aromatic rings. The molecule has 0 fully saturated rings. The molecule has 0 atom stereocenters. The normalized spacial score (nSPS) is 17.6. The Morgan fingerprint density at radius 2 is 0.864 bits per heavy atom. The minimum atomic E-state index is -0.423. The molecule has 9 rings (SSSR count). The van der Waals surface area contributed by atoms with Gasteiger partial charge < -0.3 is 28.7 Å². The molecule has 0 aliphatic carbocycles. The molecule has 4 aromatic carbocycles. The number of hydrogen-bond acceptors (Lipinski definition) is 10. The minimum Gasteiger partial charge on any atom is -0.455 e. The first-order valence-electron chi connectivity index (χ1n) is 22.3. The van der Waals surface area contributed by atoms with Gasteiger partial charge in [0.1, 0.15) is 46.5 Å². The van der Waals surface area contributed by atoms with E-state index in [4.69, 9.17) is 18.9 Å². The van der Waals surface area contributed by atoms with Gasteiger partial charge in [-0.2, -0.15) is 9.13 Å². The SMILES string of the molecule is CCCC1Oc2ccc3c(c2)N(C)C(=CC=CC=CC=Cc2sc4ccc(cc4[n+]2C)OC(CCC)Oc2ccc4sc([n+](C)c4c2)C=CC=CC=CC=C2Sc4ccc(cc4N2C)O1)S3. The Morgan fingerprint density at radius 1 is 0.485 bits per heavy atom. The number of thioether (sulfide) groups is 2. The number of benzene rings is 4. The van der Waals surface area contributed by atoms with Gasteiger partial charge >= 0.3 is 0 Å². The highest BCUT2D eigenvalue weighted by molar-refractivity contribution is 8.04. The number of allylic oxidation sites excluding steroid dienone is 12. The maximum absolute atomic E-state index is 6.53. The van der Waals surface area contributed by atoms with Crippen LogP contribution in [-0.2, 0) is 14.1 Å². The van der Waals surface area contributed by atoms with Crippen LogP contribution in [0.4, 0.5) is 11.4 Å². The Bertz CT molecular complexity index is 2810. The molecule has 12 bridgehead atoms. The summed E-state index contributed by atoms with van der Waals surface area (Å²) in [4.78, 5) is 6.81. The van der Waals surface area contributed by atoms with Crippen molar-refractivity contribution < 1.29 is 28.1 Å². The van der Waals surface area contributed by atoms with Gasteiger partial charge in [-0.05, 0) is 73.5 Å². The molecule has 0 N–H and O–H groups in total. The molecule has 5 heterocycles. The third kappa shape index (κ3) is 10.2. The molecular formula is C54H54N4O4S4+2. The first-order valence-corrected chi connectivity index (χ1v) is 25.6. The summed E-state index contributed by atoms with van der Waals surface area (Å²) in [6.07, 6.45) is 31.8. The monoisotopic (exact) mass is 950 g/mol. The van der Waals surface area contributed by atoms with E-state index in [1.54, 1.807) is 46.2 Å². The summed E-state index contributed by atoms with van der Waals surface area (Å²) < 4.78 is 32.9. The third-order valence-corrected chi connectivity index (χ3v) is 16.0. The summed E-state index contributed by atoms with van der Waals surface area (Å²) in [5.74, 6) is 3.15. The van der Waals surface area contributed by atoms with Gasteiger partial charge in [0.05, 0.1) is 33.6 Å². The van der Waals surface area contributed by atoms with Crippen molar-refractivity contribution in [3.8, 4) is 23.0 Å². The van der Waals surface area contributed by atoms with Crippen LogP contribution in [0, 0.1) is 0 Å². The largest absolute Gasteiger partial charge is 0.455 e. The Morgan fingerprint density at radius 3 is 1.29 bits per heavy atom. The number of rotatable bonds is 4. The van der Waals surface area contributed by atoms with Gasteiger partial charge in [-0.3, -0.25) is 0 Å². The fraction of sp³-hybridized carbons (Fsp3) is 0.222. The summed E-state index contributed by atoms with van der Waals surface area (Å²) in [5, 5.41) is 4.58. The van der Waals surface area contributed by atoms with E-state index >= 15 is 0 Å². The van der Waals surface area contributed by atoms with Crippen molar-refractivity contribution in [1.29, 1.82) is 0 Å². The number of aromatic nitrogens is 2. The van der Waals surface area contributed by atoms with Gasteiger partial charge in [0, 0.05) is 61.0 Å². The Labute approximate surface area is 404 Å². The smallest absolute Gasteiger partial charge is 0.262 e. The third-order valence-electron chi connectivity index (χ3n) is 11.3. The summed E-state index contributed by atoms with van der Waals surface area (Å²) in [6, 6.07) is 25.2. The summed E-state index contributed by atoms with van der Waals surface area (Å²) in [7, 11) is 8.40. The van der Waals surface area contributed by atoms with Crippen molar-refractivity contribution >= 4 is 90.2 Å². The zero-order valence-corrected chi connectivity index (χ0v) is 41.3. The molecule has 0 saturated carbocycles. The molecule has 12 heteroatoms. The molecule has 3 aliphatic heterocycles. The highest BCUT2D eigenvalue weighted by Crippen LogP contribution is 2.48. The molecule has 0 amide bonds. The highest BCUT2D eigenvalue weighted by Gasteiger charge is 2.26. The van der Waals surface area contributed by atoms with Crippen molar-refractivity contribution in [2.75, 3.05) is 23.9 Å². The molecule has 3 aliphatic rings. The van der Waals surface area contributed by atoms with Gasteiger partial charge in [-0.15, -0.1) is 0 Å². The number of hydrogen-bond donors (Lipinski definition) is 0. The van der Waals surface area contributed by atoms with Gasteiger partial charge in [0.15, 0.2) is 0 Å². The van der Waals surface area contributed by atoms with E-state index in [1.807, 2.05) is 24.3 Å². The number of thiazole rings is 2. The van der Waals surface area contributed by atoms with Crippen LogP contribution in [0.2, 0.25) is 0 Å². The lowest BCUT2D eigenvalue weighted by molar-refractivity contribution is -0.642. The Balaban J connectivity index is 0.973. The first-order chi connectivity index (χ1) is 32.2. The first kappa shape index (κ1) is 45.2. The molecule has 0 saturated heterocycles. The molecule has 66 heavy (non-hydrogen) atoms. The lowest BCUT2D eigenvalue weighted by atomic mass is 10.2. The fourth-order valence-corrected chi connectivity index (χ4v) is 11.9. The van der Waals surface area contributed by atoms with Crippen molar-refractivity contribution in [2.45, 2.75) is 61.9 Å². The number of nitrogens with zero attached hydrogens (tertiary/aromatic N) is 4. The highest BCUT2D eigenvalue weighted by atomic mass is 32.2. The van der Waals surface area contributed by atoms with Crippen LogP contribution in [0.1, 0.15) is 49.5 Å². The van der Waals surface area contributed by atoms with E-state index in [2.05, 4.69) is 195 Å². The maximum Gasteiger partial charge on any atom is 0.262 e. The summed E-state index contributed by atoms with van der Waals surface area (Å²) >= 11 is 7.02. The van der Waals surface area contributed by atoms with E-state index in [0.29, 0.717) is 0 Å². The second-order valence-electron chi connectivity index (χ2n) is 16.0. The predicted molar refractivity (Wildman–Crippen MR) is 278 cm³/mol. The van der Waals surface area contributed by atoms with Crippen molar-refractivity contribution in [3.05, 3.63) is 166 Å². The second-order valence-corrected chi connectivity index (χ2v) is 20.3. The minimum absolute atomic E-state index is 0.423. The average molecular weight is 951 g/mol. The molecule has 2 aromatic heterocycles. The van der Waals surface area contributed by atoms with E-state index in [0.717, 1.165) is 91.2 Å². The maximum atomic E-state index is 6.53. The number of fused-ring (bicyclic) bond motifs is 8. The van der Waals surface area contributed by atoms with Crippen LogP contribution in [0.15, 0.2) is 166 Å². The lowest BCUT2D eigenvalue weighted by Gasteiger charge is -2.22. The Kier molecular flexibility index (Phi) is 14.2. The summed E-state index contributed by atoms with van der Waals surface area (Å²) in [6.45, 7) is 4.31. The number of aryl methyl sites for hydroxylation is 2. The predicted octanol–water partition coefficient (Wildman–Crippen LogP) is 13.7. The topological polar surface area (TPSA) is 51.2 Å². The van der Waals surface area contributed by atoms with Crippen LogP contribution in [0.25, 0.3) is 32.6 Å². The van der Waals surface area contributed by atoms with Crippen molar-refractivity contribution in [2.24, 2.45) is 14.1 Å². The molecule has 0 unspecified atom stereocenters. The molecule has 0 spiro atoms. The van der Waals surface area contributed by atoms with Gasteiger partial charge in [0.25, 0.3) is 10.0 Å². The van der Waals surface area contributed by atoms with Crippen LogP contribution in [0.3, 0.4) is 0 Å². The second kappa shape index (κ2) is 20.7. The molecular weight excluding hydrogens is 897 g/mol. The van der Waals surface area contributed by atoms with E-state index in [9.17, 15) is 0 Å². The summed E-state index contributed by atoms with van der Waals surface area (Å²) in [5.41, 5.74) is 4.46. The van der Waals surface area contributed by atoms with Crippen molar-refractivity contribution in [1.82, 2.24) is 0 Å². The number of anilines is 2. The number of ether oxygens (including phenoxy) is 4. The zero-order chi connectivity index (χ0) is 45.6. The molecule has 336 valence electrons. The van der Waals surface area contributed by atoms with Crippen LogP contribution >= 0.6 is 46.2 Å². The lowest BCUT2D eigenvalue weighted by Crippen LogP contribution is -2.29.